The van der Waals surface area contributed by atoms with Gasteiger partial charge in [-0.2, -0.15) is 15.1 Å². The number of amides is 2. The lowest BCUT2D eigenvalue weighted by Gasteiger charge is -2.26. The number of benzene rings is 1. The summed E-state index contributed by atoms with van der Waals surface area (Å²) in [7, 11) is 3.89. The van der Waals surface area contributed by atoms with Gasteiger partial charge in [0.1, 0.15) is 5.04 Å². The Bertz CT molecular complexity index is 1050. The number of anilines is 1. The van der Waals surface area contributed by atoms with Crippen LogP contribution >= 0.6 is 27.7 Å². The fourth-order valence-electron chi connectivity index (χ4n) is 3.30. The third kappa shape index (κ3) is 4.58. The smallest absolute Gasteiger partial charge is 0.283 e. The molecule has 0 radical (unpaired) electrons. The van der Waals surface area contributed by atoms with E-state index in [9.17, 15) is 9.59 Å². The van der Waals surface area contributed by atoms with Crippen molar-refractivity contribution in [2.24, 2.45) is 10.1 Å². The summed E-state index contributed by atoms with van der Waals surface area (Å²) in [5, 5.41) is 15.0. The summed E-state index contributed by atoms with van der Waals surface area (Å²) in [5.74, 6) is -0.592. The molecule has 0 atom stereocenters. The summed E-state index contributed by atoms with van der Waals surface area (Å²) in [6.45, 7) is 2.18. The van der Waals surface area contributed by atoms with Crippen molar-refractivity contribution in [3.8, 4) is 0 Å². The SMILES string of the molecule is CN(C)c1ccc(C=C2C(=N)N3N=C(CC(=O)N4CCOCC4)SC3=NC2=O)cc1Br. The fourth-order valence-corrected chi connectivity index (χ4v) is 4.93. The number of hydrazone groups is 1. The lowest BCUT2D eigenvalue weighted by molar-refractivity contribution is -0.133. The first-order chi connectivity index (χ1) is 14.8. The number of hydrogen-bond acceptors (Lipinski definition) is 7. The quantitative estimate of drug-likeness (QED) is 0.631. The van der Waals surface area contributed by atoms with Crippen LogP contribution in [-0.2, 0) is 14.3 Å². The van der Waals surface area contributed by atoms with Crippen LogP contribution in [0.4, 0.5) is 5.69 Å². The maximum absolute atomic E-state index is 12.6. The second kappa shape index (κ2) is 8.93. The van der Waals surface area contributed by atoms with Crippen molar-refractivity contribution in [3.05, 3.63) is 33.8 Å². The summed E-state index contributed by atoms with van der Waals surface area (Å²) in [5.41, 5.74) is 1.92. The first-order valence-corrected chi connectivity index (χ1v) is 11.3. The van der Waals surface area contributed by atoms with E-state index in [-0.39, 0.29) is 23.7 Å². The van der Waals surface area contributed by atoms with Gasteiger partial charge in [-0.1, -0.05) is 6.07 Å². The van der Waals surface area contributed by atoms with E-state index in [0.29, 0.717) is 36.5 Å². The number of carbonyl (C=O) groups excluding carboxylic acids is 2. The molecule has 31 heavy (non-hydrogen) atoms. The van der Waals surface area contributed by atoms with Crippen molar-refractivity contribution < 1.29 is 14.3 Å². The molecular weight excluding hydrogens is 484 g/mol. The highest BCUT2D eigenvalue weighted by molar-refractivity contribution is 9.10. The lowest BCUT2D eigenvalue weighted by Crippen LogP contribution is -2.41. The number of fused-ring (bicyclic) bond motifs is 1. The zero-order chi connectivity index (χ0) is 22.1. The van der Waals surface area contributed by atoms with Gasteiger partial charge >= 0.3 is 0 Å². The molecule has 11 heteroatoms. The molecular formula is C20H21BrN6O3S. The third-order valence-electron chi connectivity index (χ3n) is 4.93. The molecule has 162 valence electrons. The van der Waals surface area contributed by atoms with Gasteiger partial charge in [0.25, 0.3) is 5.91 Å². The number of carbonyl (C=O) groups is 2. The Balaban J connectivity index is 1.53. The Labute approximate surface area is 192 Å². The van der Waals surface area contributed by atoms with E-state index in [1.54, 1.807) is 11.0 Å². The minimum absolute atomic E-state index is 0.0468. The van der Waals surface area contributed by atoms with Crippen LogP contribution in [0, 0.1) is 5.41 Å². The molecule has 3 aliphatic rings. The molecule has 1 aromatic rings. The average Bonchev–Trinajstić information content (AvgIpc) is 3.14. The zero-order valence-electron chi connectivity index (χ0n) is 17.1. The average molecular weight is 505 g/mol. The van der Waals surface area contributed by atoms with Crippen LogP contribution in [0.3, 0.4) is 0 Å². The minimum Gasteiger partial charge on any atom is -0.378 e. The van der Waals surface area contributed by atoms with Crippen LogP contribution in [0.25, 0.3) is 6.08 Å². The first-order valence-electron chi connectivity index (χ1n) is 9.65. The summed E-state index contributed by atoms with van der Waals surface area (Å²) >= 11 is 4.69. The molecule has 1 N–H and O–H groups in total. The predicted octanol–water partition coefficient (Wildman–Crippen LogP) is 2.38. The van der Waals surface area contributed by atoms with E-state index in [4.69, 9.17) is 10.1 Å². The van der Waals surface area contributed by atoms with E-state index >= 15 is 0 Å². The van der Waals surface area contributed by atoms with Crippen molar-refractivity contribution in [2.45, 2.75) is 6.42 Å². The van der Waals surface area contributed by atoms with E-state index in [1.165, 1.54) is 5.01 Å². The van der Waals surface area contributed by atoms with Gasteiger partial charge in [-0.05, 0) is 51.5 Å². The first kappa shape index (κ1) is 21.7. The molecule has 0 spiro atoms. The zero-order valence-corrected chi connectivity index (χ0v) is 19.5. The summed E-state index contributed by atoms with van der Waals surface area (Å²) in [6, 6.07) is 5.69. The van der Waals surface area contributed by atoms with Gasteiger partial charge < -0.3 is 14.5 Å². The molecule has 1 aromatic carbocycles. The molecule has 4 rings (SSSR count). The van der Waals surface area contributed by atoms with Crippen molar-refractivity contribution in [1.82, 2.24) is 9.91 Å². The Kier molecular flexibility index (Phi) is 6.26. The van der Waals surface area contributed by atoms with Gasteiger partial charge in [-0.15, -0.1) is 0 Å². The molecule has 0 unspecified atom stereocenters. The number of amidine groups is 2. The van der Waals surface area contributed by atoms with Crippen LogP contribution < -0.4 is 4.90 Å². The van der Waals surface area contributed by atoms with E-state index in [2.05, 4.69) is 26.0 Å². The number of aliphatic imine (C=N–C) groups is 1. The molecule has 1 saturated heterocycles. The fraction of sp³-hybridized carbons (Fsp3) is 0.350. The second-order valence-electron chi connectivity index (χ2n) is 7.29. The molecule has 3 aliphatic heterocycles. The number of halogens is 1. The summed E-state index contributed by atoms with van der Waals surface area (Å²) in [6.07, 6.45) is 1.74. The van der Waals surface area contributed by atoms with Crippen molar-refractivity contribution in [2.75, 3.05) is 45.3 Å². The van der Waals surface area contributed by atoms with Gasteiger partial charge in [0.2, 0.25) is 11.1 Å². The number of thioether (sulfide) groups is 1. The maximum atomic E-state index is 12.6. The number of ether oxygens (including phenoxy) is 1. The molecule has 0 aromatic heterocycles. The van der Waals surface area contributed by atoms with Crippen molar-refractivity contribution >= 4 is 67.3 Å². The van der Waals surface area contributed by atoms with Crippen LogP contribution in [0.2, 0.25) is 0 Å². The van der Waals surface area contributed by atoms with Crippen LogP contribution in [0.1, 0.15) is 12.0 Å². The standard InChI is InChI=1S/C20H21BrN6O3S/c1-25(2)15-4-3-12(10-14(15)21)9-13-18(22)27-20(23-19(13)29)31-16(24-27)11-17(28)26-5-7-30-8-6-26/h3-4,9-10,22H,5-8,11H2,1-2H3. The number of hydrogen-bond donors (Lipinski definition) is 1. The lowest BCUT2D eigenvalue weighted by atomic mass is 10.1. The molecule has 2 amide bonds. The van der Waals surface area contributed by atoms with E-state index in [1.807, 2.05) is 37.2 Å². The van der Waals surface area contributed by atoms with Gasteiger partial charge in [-0.3, -0.25) is 15.0 Å². The molecule has 0 bridgehead atoms. The molecule has 3 heterocycles. The largest absolute Gasteiger partial charge is 0.378 e. The number of nitrogens with one attached hydrogen (secondary N) is 1. The summed E-state index contributed by atoms with van der Waals surface area (Å²) in [4.78, 5) is 32.9. The van der Waals surface area contributed by atoms with Gasteiger partial charge in [0.15, 0.2) is 5.84 Å². The number of morpholine rings is 1. The number of rotatable bonds is 4. The van der Waals surface area contributed by atoms with Gasteiger partial charge in [-0.25, -0.2) is 0 Å². The minimum atomic E-state index is -0.493. The van der Waals surface area contributed by atoms with Gasteiger partial charge in [0.05, 0.1) is 30.9 Å². The molecule has 1 fully saturated rings. The topological polar surface area (TPSA) is 102 Å². The Morgan fingerprint density at radius 2 is 2.10 bits per heavy atom. The maximum Gasteiger partial charge on any atom is 0.283 e. The highest BCUT2D eigenvalue weighted by Gasteiger charge is 2.36. The van der Waals surface area contributed by atoms with Crippen molar-refractivity contribution in [1.29, 1.82) is 5.41 Å². The normalized spacial score (nSPS) is 20.0. The molecule has 0 aliphatic carbocycles. The van der Waals surface area contributed by atoms with Crippen LogP contribution in [0.15, 0.2) is 38.3 Å². The monoisotopic (exact) mass is 504 g/mol. The summed E-state index contributed by atoms with van der Waals surface area (Å²) < 4.78 is 6.15. The van der Waals surface area contributed by atoms with E-state index in [0.717, 1.165) is 27.5 Å². The second-order valence-corrected chi connectivity index (χ2v) is 9.18. The molecule has 0 saturated carbocycles. The molecule has 9 nitrogen and oxygen atoms in total. The Morgan fingerprint density at radius 3 is 2.77 bits per heavy atom. The van der Waals surface area contributed by atoms with Crippen LogP contribution in [-0.4, -0.2) is 78.2 Å². The van der Waals surface area contributed by atoms with Gasteiger partial charge in [0, 0.05) is 31.7 Å². The highest BCUT2D eigenvalue weighted by atomic mass is 79.9. The highest BCUT2D eigenvalue weighted by Crippen LogP contribution is 2.31. The Morgan fingerprint density at radius 1 is 1.35 bits per heavy atom. The Hall–Kier alpha value is -2.50. The van der Waals surface area contributed by atoms with Crippen molar-refractivity contribution in [3.63, 3.8) is 0 Å². The predicted molar refractivity (Wildman–Crippen MR) is 125 cm³/mol. The number of nitrogens with zero attached hydrogens (tertiary/aromatic N) is 5. The van der Waals surface area contributed by atoms with E-state index < -0.39 is 5.91 Å². The van der Waals surface area contributed by atoms with Crippen LogP contribution in [0.5, 0.6) is 0 Å². The third-order valence-corrected chi connectivity index (χ3v) is 6.47.